The van der Waals surface area contributed by atoms with Gasteiger partial charge in [-0.15, -0.1) is 0 Å². The molecule has 134 valence electrons. The van der Waals surface area contributed by atoms with Gasteiger partial charge >= 0.3 is 0 Å². The van der Waals surface area contributed by atoms with Crippen LogP contribution in [0, 0.1) is 13.8 Å². The zero-order valence-electron chi connectivity index (χ0n) is 14.7. The molecule has 25 heavy (non-hydrogen) atoms. The summed E-state index contributed by atoms with van der Waals surface area (Å²) in [5.41, 5.74) is 2.21. The van der Waals surface area contributed by atoms with Gasteiger partial charge < -0.3 is 9.47 Å². The standard InChI is InChI=1S/C18H22N2O4S/c1-5-24-16-9-8-15(11-17(16)23-4)12-19-20-25(21,22)18-10-13(2)6-7-14(18)3/h6-12,20H,5H2,1-4H3. The van der Waals surface area contributed by atoms with Crippen LogP contribution in [0.3, 0.4) is 0 Å². The molecule has 0 aliphatic heterocycles. The van der Waals surface area contributed by atoms with Gasteiger partial charge in [0.1, 0.15) is 0 Å². The molecule has 6 nitrogen and oxygen atoms in total. The van der Waals surface area contributed by atoms with Gasteiger partial charge in [0.2, 0.25) is 0 Å². The number of nitrogens with zero attached hydrogens (tertiary/aromatic N) is 1. The fraction of sp³-hybridized carbons (Fsp3) is 0.278. The summed E-state index contributed by atoms with van der Waals surface area (Å²) in [5, 5.41) is 3.85. The van der Waals surface area contributed by atoms with Gasteiger partial charge in [0.25, 0.3) is 10.0 Å². The predicted octanol–water partition coefficient (Wildman–Crippen LogP) is 3.02. The second-order valence-corrected chi connectivity index (χ2v) is 7.09. The van der Waals surface area contributed by atoms with Crippen LogP contribution in [0.15, 0.2) is 46.4 Å². The number of hydrogen-bond donors (Lipinski definition) is 1. The average Bonchev–Trinajstić information content (AvgIpc) is 2.58. The minimum Gasteiger partial charge on any atom is -0.493 e. The minimum absolute atomic E-state index is 0.217. The molecule has 2 rings (SSSR count). The smallest absolute Gasteiger partial charge is 0.276 e. The van der Waals surface area contributed by atoms with Crippen LogP contribution >= 0.6 is 0 Å². The van der Waals surface area contributed by atoms with Crippen molar-refractivity contribution in [2.75, 3.05) is 13.7 Å². The van der Waals surface area contributed by atoms with Crippen LogP contribution < -0.4 is 14.3 Å². The van der Waals surface area contributed by atoms with Crippen LogP contribution in [0.1, 0.15) is 23.6 Å². The highest BCUT2D eigenvalue weighted by Crippen LogP contribution is 2.27. The molecule has 0 fully saturated rings. The van der Waals surface area contributed by atoms with Crippen LogP contribution in [-0.2, 0) is 10.0 Å². The maximum Gasteiger partial charge on any atom is 0.276 e. The molecule has 0 unspecified atom stereocenters. The van der Waals surface area contributed by atoms with Crippen LogP contribution in [0.5, 0.6) is 11.5 Å². The zero-order chi connectivity index (χ0) is 18.4. The van der Waals surface area contributed by atoms with E-state index in [0.717, 1.165) is 5.56 Å². The minimum atomic E-state index is -3.72. The number of aryl methyl sites for hydroxylation is 2. The van der Waals surface area contributed by atoms with Crippen molar-refractivity contribution < 1.29 is 17.9 Å². The van der Waals surface area contributed by atoms with E-state index in [4.69, 9.17) is 9.47 Å². The molecule has 0 spiro atoms. The Morgan fingerprint density at radius 2 is 1.88 bits per heavy atom. The van der Waals surface area contributed by atoms with Gasteiger partial charge in [0.15, 0.2) is 11.5 Å². The summed E-state index contributed by atoms with van der Waals surface area (Å²) in [6.45, 7) is 6.00. The highest BCUT2D eigenvalue weighted by molar-refractivity contribution is 7.89. The largest absolute Gasteiger partial charge is 0.493 e. The topological polar surface area (TPSA) is 77.0 Å². The fourth-order valence-corrected chi connectivity index (χ4v) is 3.38. The van der Waals surface area contributed by atoms with Crippen molar-refractivity contribution in [1.29, 1.82) is 0 Å². The van der Waals surface area contributed by atoms with Crippen molar-refractivity contribution in [2.24, 2.45) is 5.10 Å². The Morgan fingerprint density at radius 3 is 2.56 bits per heavy atom. The highest BCUT2D eigenvalue weighted by atomic mass is 32.2. The molecule has 0 aromatic heterocycles. The Kier molecular flexibility index (Phi) is 6.03. The number of benzene rings is 2. The molecule has 0 heterocycles. The summed E-state index contributed by atoms with van der Waals surface area (Å²) in [7, 11) is -2.18. The summed E-state index contributed by atoms with van der Waals surface area (Å²) < 4.78 is 35.5. The molecule has 2 aromatic rings. The van der Waals surface area contributed by atoms with Crippen molar-refractivity contribution in [3.8, 4) is 11.5 Å². The van der Waals surface area contributed by atoms with Crippen molar-refractivity contribution >= 4 is 16.2 Å². The van der Waals surface area contributed by atoms with E-state index in [2.05, 4.69) is 9.93 Å². The van der Waals surface area contributed by atoms with E-state index in [-0.39, 0.29) is 4.90 Å². The number of rotatable bonds is 7. The Labute approximate surface area is 148 Å². The second-order valence-electron chi connectivity index (χ2n) is 5.47. The first-order chi connectivity index (χ1) is 11.9. The van der Waals surface area contributed by atoms with Crippen LogP contribution in [0.25, 0.3) is 0 Å². The third-order valence-corrected chi connectivity index (χ3v) is 4.87. The highest BCUT2D eigenvalue weighted by Gasteiger charge is 2.15. The van der Waals surface area contributed by atoms with E-state index in [9.17, 15) is 8.42 Å². The summed E-state index contributed by atoms with van der Waals surface area (Å²) >= 11 is 0. The zero-order valence-corrected chi connectivity index (χ0v) is 15.6. The molecule has 2 aromatic carbocycles. The molecule has 0 aliphatic rings. The summed E-state index contributed by atoms with van der Waals surface area (Å²) in [6, 6.07) is 10.5. The first kappa shape index (κ1) is 18.8. The molecule has 0 atom stereocenters. The van der Waals surface area contributed by atoms with E-state index in [1.807, 2.05) is 19.9 Å². The lowest BCUT2D eigenvalue weighted by Gasteiger charge is -2.09. The second kappa shape index (κ2) is 8.02. The number of methoxy groups -OCH3 is 1. The molecule has 0 saturated carbocycles. The molecule has 0 saturated heterocycles. The lowest BCUT2D eigenvalue weighted by atomic mass is 10.2. The van der Waals surface area contributed by atoms with Crippen molar-refractivity contribution in [2.45, 2.75) is 25.7 Å². The normalized spacial score (nSPS) is 11.5. The molecular weight excluding hydrogens is 340 g/mol. The third kappa shape index (κ3) is 4.73. The Hall–Kier alpha value is -2.54. The quantitative estimate of drug-likeness (QED) is 0.607. The van der Waals surface area contributed by atoms with E-state index >= 15 is 0 Å². The summed E-state index contributed by atoms with van der Waals surface area (Å²) in [4.78, 5) is 2.46. The Bertz CT molecular complexity index is 877. The van der Waals surface area contributed by atoms with Gasteiger partial charge in [-0.25, -0.2) is 4.83 Å². The van der Waals surface area contributed by atoms with Crippen molar-refractivity contribution in [3.63, 3.8) is 0 Å². The summed E-state index contributed by atoms with van der Waals surface area (Å²) in [5.74, 6) is 1.18. The first-order valence-electron chi connectivity index (χ1n) is 7.80. The maximum absolute atomic E-state index is 12.4. The Morgan fingerprint density at radius 1 is 1.12 bits per heavy atom. The molecular formula is C18H22N2O4S. The van der Waals surface area contributed by atoms with E-state index in [0.29, 0.717) is 29.2 Å². The van der Waals surface area contributed by atoms with Crippen LogP contribution in [0.4, 0.5) is 0 Å². The molecule has 0 bridgehead atoms. The molecule has 0 aliphatic carbocycles. The van der Waals surface area contributed by atoms with Gasteiger partial charge in [0.05, 0.1) is 24.8 Å². The molecule has 1 N–H and O–H groups in total. The van der Waals surface area contributed by atoms with Gasteiger partial charge in [0, 0.05) is 0 Å². The SMILES string of the molecule is CCOc1ccc(C=NNS(=O)(=O)c2cc(C)ccc2C)cc1OC. The predicted molar refractivity (Wildman–Crippen MR) is 98.0 cm³/mol. The Balaban J connectivity index is 2.18. The van der Waals surface area contributed by atoms with Gasteiger partial charge in [-0.1, -0.05) is 12.1 Å². The van der Waals surface area contributed by atoms with Gasteiger partial charge in [-0.05, 0) is 61.7 Å². The number of hydrazone groups is 1. The van der Waals surface area contributed by atoms with Crippen molar-refractivity contribution in [1.82, 2.24) is 4.83 Å². The number of nitrogens with one attached hydrogen (secondary N) is 1. The first-order valence-corrected chi connectivity index (χ1v) is 9.28. The van der Waals surface area contributed by atoms with E-state index in [1.54, 1.807) is 44.4 Å². The monoisotopic (exact) mass is 362 g/mol. The van der Waals surface area contributed by atoms with Crippen molar-refractivity contribution in [3.05, 3.63) is 53.1 Å². The molecule has 0 radical (unpaired) electrons. The fourth-order valence-electron chi connectivity index (χ4n) is 2.26. The van der Waals surface area contributed by atoms with E-state index in [1.165, 1.54) is 6.21 Å². The summed E-state index contributed by atoms with van der Waals surface area (Å²) in [6.07, 6.45) is 1.42. The number of ether oxygens (including phenoxy) is 2. The lowest BCUT2D eigenvalue weighted by Crippen LogP contribution is -2.19. The lowest BCUT2D eigenvalue weighted by molar-refractivity contribution is 0.311. The van der Waals surface area contributed by atoms with Gasteiger partial charge in [-0.2, -0.15) is 13.5 Å². The van der Waals surface area contributed by atoms with E-state index < -0.39 is 10.0 Å². The third-order valence-electron chi connectivity index (χ3n) is 3.51. The molecule has 0 amide bonds. The number of sulfonamides is 1. The molecule has 7 heteroatoms. The van der Waals surface area contributed by atoms with Gasteiger partial charge in [-0.3, -0.25) is 0 Å². The number of hydrogen-bond acceptors (Lipinski definition) is 5. The van der Waals surface area contributed by atoms with Crippen LogP contribution in [0.2, 0.25) is 0 Å². The van der Waals surface area contributed by atoms with Crippen LogP contribution in [-0.4, -0.2) is 28.3 Å². The average molecular weight is 362 g/mol. The maximum atomic E-state index is 12.4.